The van der Waals surface area contributed by atoms with Gasteiger partial charge in [0.15, 0.2) is 0 Å². The van der Waals surface area contributed by atoms with Crippen LogP contribution in [0.4, 0.5) is 5.69 Å². The second-order valence-corrected chi connectivity index (χ2v) is 6.00. The minimum atomic E-state index is -1.01. The Kier molecular flexibility index (Phi) is 4.39. The van der Waals surface area contributed by atoms with Gasteiger partial charge in [-0.05, 0) is 48.7 Å². The number of rotatable bonds is 4. The lowest BCUT2D eigenvalue weighted by Crippen LogP contribution is -2.19. The summed E-state index contributed by atoms with van der Waals surface area (Å²) in [4.78, 5) is 13.2. The summed E-state index contributed by atoms with van der Waals surface area (Å²) in [6, 6.07) is 16.0. The number of aliphatic carboxylic acids is 1. The molecule has 0 heterocycles. The third kappa shape index (κ3) is 3.67. The maximum Gasteiger partial charge on any atom is 0.335 e. The van der Waals surface area contributed by atoms with Crippen LogP contribution in [0.5, 0.6) is 0 Å². The normalized spacial score (nSPS) is 12.9. The van der Waals surface area contributed by atoms with Crippen molar-refractivity contribution in [3.8, 4) is 11.8 Å². The van der Waals surface area contributed by atoms with Gasteiger partial charge >= 0.3 is 5.97 Å². The van der Waals surface area contributed by atoms with Crippen molar-refractivity contribution in [2.24, 2.45) is 0 Å². The number of anilines is 1. The van der Waals surface area contributed by atoms with Crippen LogP contribution in [0, 0.1) is 11.8 Å². The first-order chi connectivity index (χ1) is 11.5. The summed E-state index contributed by atoms with van der Waals surface area (Å²) in [6.45, 7) is 3.55. The van der Waals surface area contributed by atoms with Crippen LogP contribution >= 0.6 is 0 Å². The van der Waals surface area contributed by atoms with E-state index in [9.17, 15) is 4.79 Å². The number of carboxylic acid groups (broad SMARTS) is 1. The maximum absolute atomic E-state index is 10.9. The van der Waals surface area contributed by atoms with Crippen LogP contribution in [0.25, 0.3) is 5.57 Å². The van der Waals surface area contributed by atoms with Gasteiger partial charge in [-0.3, -0.25) is 0 Å². The number of nitrogens with zero attached hydrogens (tertiary/aromatic N) is 1. The predicted octanol–water partition coefficient (Wildman–Crippen LogP) is 3.78. The maximum atomic E-state index is 10.9. The lowest BCUT2D eigenvalue weighted by molar-refractivity contribution is -0.130. The average Bonchev–Trinajstić information content (AvgIpc) is 3.44. The SMILES string of the molecule is C=C(C(=O)O)c1ccc(C#Cc2cccc(N(C)C3CC3)c2)cc1. The van der Waals surface area contributed by atoms with Crippen molar-refractivity contribution in [2.75, 3.05) is 11.9 Å². The molecule has 0 unspecified atom stereocenters. The zero-order chi connectivity index (χ0) is 17.1. The molecule has 1 N–H and O–H groups in total. The summed E-state index contributed by atoms with van der Waals surface area (Å²) >= 11 is 0. The van der Waals surface area contributed by atoms with E-state index in [1.807, 2.05) is 24.3 Å². The van der Waals surface area contributed by atoms with Crippen molar-refractivity contribution < 1.29 is 9.90 Å². The summed E-state index contributed by atoms with van der Waals surface area (Å²) in [6.07, 6.45) is 2.53. The Balaban J connectivity index is 1.76. The van der Waals surface area contributed by atoms with Crippen molar-refractivity contribution in [1.29, 1.82) is 0 Å². The van der Waals surface area contributed by atoms with E-state index >= 15 is 0 Å². The van der Waals surface area contributed by atoms with Crippen molar-refractivity contribution in [3.63, 3.8) is 0 Å². The first-order valence-corrected chi connectivity index (χ1v) is 7.92. The quantitative estimate of drug-likeness (QED) is 0.689. The van der Waals surface area contributed by atoms with Gasteiger partial charge in [0.1, 0.15) is 0 Å². The molecule has 2 aromatic carbocycles. The molecule has 3 rings (SSSR count). The molecule has 0 amide bonds. The Morgan fingerprint density at radius 2 is 1.79 bits per heavy atom. The standard InChI is InChI=1S/C21H19NO2/c1-15(21(23)24)18-10-8-16(9-11-18)6-7-17-4-3-5-20(14-17)22(2)19-12-13-19/h3-5,8-11,14,19H,1,12-13H2,2H3,(H,23,24). The Hall–Kier alpha value is -2.99. The minimum Gasteiger partial charge on any atom is -0.478 e. The number of hydrogen-bond donors (Lipinski definition) is 1. The summed E-state index contributed by atoms with van der Waals surface area (Å²) in [5.74, 6) is 5.28. The molecule has 0 bridgehead atoms. The molecule has 120 valence electrons. The van der Waals surface area contributed by atoms with E-state index in [1.165, 1.54) is 18.5 Å². The fourth-order valence-corrected chi connectivity index (χ4v) is 2.50. The van der Waals surface area contributed by atoms with E-state index in [1.54, 1.807) is 12.1 Å². The molecule has 1 fully saturated rings. The van der Waals surface area contributed by atoms with Crippen LogP contribution in [-0.2, 0) is 4.79 Å². The first-order valence-electron chi connectivity index (χ1n) is 7.92. The van der Waals surface area contributed by atoms with Crippen molar-refractivity contribution in [3.05, 3.63) is 71.8 Å². The van der Waals surface area contributed by atoms with E-state index in [2.05, 4.69) is 42.5 Å². The van der Waals surface area contributed by atoms with Gasteiger partial charge in [-0.25, -0.2) is 4.79 Å². The lowest BCUT2D eigenvalue weighted by atomic mass is 10.1. The van der Waals surface area contributed by atoms with Gasteiger partial charge < -0.3 is 10.0 Å². The second kappa shape index (κ2) is 6.64. The number of carbonyl (C=O) groups is 1. The van der Waals surface area contributed by atoms with Gasteiger partial charge in [0.2, 0.25) is 0 Å². The molecule has 1 saturated carbocycles. The Bertz CT molecular complexity index is 836. The summed E-state index contributed by atoms with van der Waals surface area (Å²) < 4.78 is 0. The molecule has 0 aromatic heterocycles. The highest BCUT2D eigenvalue weighted by atomic mass is 16.4. The molecule has 0 saturated heterocycles. The van der Waals surface area contributed by atoms with Gasteiger partial charge in [-0.1, -0.05) is 36.6 Å². The van der Waals surface area contributed by atoms with E-state index < -0.39 is 5.97 Å². The Morgan fingerprint density at radius 1 is 1.12 bits per heavy atom. The number of benzene rings is 2. The molecule has 1 aliphatic rings. The van der Waals surface area contributed by atoms with Gasteiger partial charge in [-0.15, -0.1) is 0 Å². The molecular weight excluding hydrogens is 298 g/mol. The average molecular weight is 317 g/mol. The van der Waals surface area contributed by atoms with Crippen LogP contribution in [0.1, 0.15) is 29.5 Å². The second-order valence-electron chi connectivity index (χ2n) is 6.00. The Morgan fingerprint density at radius 3 is 2.42 bits per heavy atom. The number of hydrogen-bond acceptors (Lipinski definition) is 2. The van der Waals surface area contributed by atoms with Crippen LogP contribution in [0.15, 0.2) is 55.1 Å². The smallest absolute Gasteiger partial charge is 0.335 e. The minimum absolute atomic E-state index is 0.0883. The van der Waals surface area contributed by atoms with Crippen molar-refractivity contribution in [2.45, 2.75) is 18.9 Å². The molecular formula is C21H19NO2. The van der Waals surface area contributed by atoms with E-state index in [0.717, 1.165) is 11.1 Å². The van der Waals surface area contributed by atoms with Gasteiger partial charge in [-0.2, -0.15) is 0 Å². The van der Waals surface area contributed by atoms with Crippen LogP contribution in [0.2, 0.25) is 0 Å². The summed E-state index contributed by atoms with van der Waals surface area (Å²) in [5.41, 5.74) is 3.70. The van der Waals surface area contributed by atoms with Crippen molar-refractivity contribution >= 4 is 17.2 Å². The molecule has 0 spiro atoms. The molecule has 2 aromatic rings. The fourth-order valence-electron chi connectivity index (χ4n) is 2.50. The third-order valence-electron chi connectivity index (χ3n) is 4.19. The molecule has 0 radical (unpaired) electrons. The highest BCUT2D eigenvalue weighted by Crippen LogP contribution is 2.30. The molecule has 24 heavy (non-hydrogen) atoms. The highest BCUT2D eigenvalue weighted by Gasteiger charge is 2.26. The zero-order valence-corrected chi connectivity index (χ0v) is 13.6. The third-order valence-corrected chi connectivity index (χ3v) is 4.19. The topological polar surface area (TPSA) is 40.5 Å². The Labute approximate surface area is 142 Å². The van der Waals surface area contributed by atoms with Gasteiger partial charge in [0, 0.05) is 29.9 Å². The zero-order valence-electron chi connectivity index (χ0n) is 13.6. The van der Waals surface area contributed by atoms with Gasteiger partial charge in [0.25, 0.3) is 0 Å². The molecule has 0 aliphatic heterocycles. The fraction of sp³-hybridized carbons (Fsp3) is 0.190. The van der Waals surface area contributed by atoms with Crippen molar-refractivity contribution in [1.82, 2.24) is 0 Å². The van der Waals surface area contributed by atoms with E-state index in [-0.39, 0.29) is 5.57 Å². The van der Waals surface area contributed by atoms with E-state index in [0.29, 0.717) is 11.6 Å². The van der Waals surface area contributed by atoms with Crippen LogP contribution < -0.4 is 4.90 Å². The predicted molar refractivity (Wildman–Crippen MR) is 97.0 cm³/mol. The van der Waals surface area contributed by atoms with E-state index in [4.69, 9.17) is 5.11 Å². The largest absolute Gasteiger partial charge is 0.478 e. The molecule has 1 aliphatic carbocycles. The molecule has 3 nitrogen and oxygen atoms in total. The van der Waals surface area contributed by atoms with Crippen LogP contribution in [0.3, 0.4) is 0 Å². The first kappa shape index (κ1) is 15.9. The summed E-state index contributed by atoms with van der Waals surface area (Å²) in [5, 5.41) is 8.94. The summed E-state index contributed by atoms with van der Waals surface area (Å²) in [7, 11) is 2.12. The molecule has 3 heteroatoms. The monoisotopic (exact) mass is 317 g/mol. The van der Waals surface area contributed by atoms with Gasteiger partial charge in [0.05, 0.1) is 5.57 Å². The number of carboxylic acids is 1. The lowest BCUT2D eigenvalue weighted by Gasteiger charge is -2.18. The van der Waals surface area contributed by atoms with Crippen LogP contribution in [-0.4, -0.2) is 24.2 Å². The highest BCUT2D eigenvalue weighted by molar-refractivity contribution is 6.14. The molecule has 0 atom stereocenters.